The van der Waals surface area contributed by atoms with Crippen LogP contribution in [0.5, 0.6) is 0 Å². The van der Waals surface area contributed by atoms with Crippen LogP contribution >= 0.6 is 0 Å². The minimum atomic E-state index is -0.110. The van der Waals surface area contributed by atoms with E-state index in [-0.39, 0.29) is 17.7 Å². The maximum atomic E-state index is 12.4. The van der Waals surface area contributed by atoms with Gasteiger partial charge in [0.05, 0.1) is 5.92 Å². The van der Waals surface area contributed by atoms with E-state index in [0.717, 1.165) is 25.7 Å². The third kappa shape index (κ3) is 3.58. The molecule has 1 aliphatic heterocycles. The zero-order valence-corrected chi connectivity index (χ0v) is 13.0. The molecule has 1 N–H and O–H groups in total. The molecule has 0 spiro atoms. The Labute approximate surface area is 127 Å². The Morgan fingerprint density at radius 3 is 2.24 bits per heavy atom. The first kappa shape index (κ1) is 14.9. The lowest BCUT2D eigenvalue weighted by Crippen LogP contribution is -2.42. The molecule has 4 heteroatoms. The monoisotopic (exact) mass is 292 g/mol. The Bertz CT molecular complexity index is 384. The van der Waals surface area contributed by atoms with Gasteiger partial charge in [0.25, 0.3) is 0 Å². The summed E-state index contributed by atoms with van der Waals surface area (Å²) in [5.74, 6) is 0.209. The summed E-state index contributed by atoms with van der Waals surface area (Å²) >= 11 is 0. The number of nitrogens with zero attached hydrogens (tertiary/aromatic N) is 1. The number of rotatable bonds is 3. The molecule has 1 atom stereocenters. The van der Waals surface area contributed by atoms with Crippen molar-refractivity contribution < 1.29 is 9.59 Å². The van der Waals surface area contributed by atoms with E-state index >= 15 is 0 Å². The Morgan fingerprint density at radius 1 is 0.952 bits per heavy atom. The van der Waals surface area contributed by atoms with Crippen LogP contribution in [0.3, 0.4) is 0 Å². The molecule has 21 heavy (non-hydrogen) atoms. The van der Waals surface area contributed by atoms with Crippen molar-refractivity contribution in [2.24, 2.45) is 5.92 Å². The van der Waals surface area contributed by atoms with Gasteiger partial charge in [-0.25, -0.2) is 0 Å². The molecule has 0 aromatic carbocycles. The van der Waals surface area contributed by atoms with E-state index < -0.39 is 0 Å². The molecule has 0 aromatic heterocycles. The van der Waals surface area contributed by atoms with E-state index in [1.807, 2.05) is 4.90 Å². The standard InChI is InChI=1S/C17H28N2O2/c20-16-11-13(12-19(16)15-9-5-2-6-10-15)17(21)18-14-7-3-1-4-8-14/h13-15H,1-12H2,(H,18,21). The number of carbonyl (C=O) groups excluding carboxylic acids is 2. The van der Waals surface area contributed by atoms with Gasteiger partial charge in [-0.15, -0.1) is 0 Å². The first-order chi connectivity index (χ1) is 10.2. The average Bonchev–Trinajstić information content (AvgIpc) is 2.91. The third-order valence-corrected chi connectivity index (χ3v) is 5.50. The zero-order valence-electron chi connectivity index (χ0n) is 13.0. The van der Waals surface area contributed by atoms with Crippen molar-refractivity contribution in [1.82, 2.24) is 10.2 Å². The van der Waals surface area contributed by atoms with Crippen molar-refractivity contribution >= 4 is 11.8 Å². The molecule has 118 valence electrons. The highest BCUT2D eigenvalue weighted by atomic mass is 16.2. The highest BCUT2D eigenvalue weighted by Crippen LogP contribution is 2.29. The Morgan fingerprint density at radius 2 is 1.57 bits per heavy atom. The van der Waals surface area contributed by atoms with Gasteiger partial charge in [-0.1, -0.05) is 38.5 Å². The van der Waals surface area contributed by atoms with Gasteiger partial charge < -0.3 is 10.2 Å². The number of likely N-dealkylation sites (tertiary alicyclic amines) is 1. The summed E-state index contributed by atoms with van der Waals surface area (Å²) in [5.41, 5.74) is 0. The van der Waals surface area contributed by atoms with E-state index in [1.54, 1.807) is 0 Å². The maximum Gasteiger partial charge on any atom is 0.225 e. The van der Waals surface area contributed by atoms with Crippen molar-refractivity contribution in [2.75, 3.05) is 6.54 Å². The van der Waals surface area contributed by atoms with Crippen LogP contribution in [-0.2, 0) is 9.59 Å². The van der Waals surface area contributed by atoms with Crippen LogP contribution in [0.15, 0.2) is 0 Å². The van der Waals surface area contributed by atoms with Gasteiger partial charge in [0, 0.05) is 25.0 Å². The Balaban J connectivity index is 1.52. The van der Waals surface area contributed by atoms with Crippen LogP contribution in [0.25, 0.3) is 0 Å². The third-order valence-electron chi connectivity index (χ3n) is 5.50. The lowest BCUT2D eigenvalue weighted by molar-refractivity contribution is -0.130. The van der Waals surface area contributed by atoms with Crippen molar-refractivity contribution in [3.8, 4) is 0 Å². The molecule has 4 nitrogen and oxygen atoms in total. The summed E-state index contributed by atoms with van der Waals surface area (Å²) in [4.78, 5) is 26.6. The Kier molecular flexibility index (Phi) is 4.81. The van der Waals surface area contributed by atoms with E-state index in [0.29, 0.717) is 25.0 Å². The Hall–Kier alpha value is -1.06. The van der Waals surface area contributed by atoms with Gasteiger partial charge in [0.15, 0.2) is 0 Å². The molecular formula is C17H28N2O2. The summed E-state index contributed by atoms with van der Waals surface area (Å²) in [7, 11) is 0. The predicted octanol–water partition coefficient (Wildman–Crippen LogP) is 2.62. The number of hydrogen-bond acceptors (Lipinski definition) is 2. The molecule has 3 fully saturated rings. The smallest absolute Gasteiger partial charge is 0.225 e. The van der Waals surface area contributed by atoms with Crippen molar-refractivity contribution in [3.05, 3.63) is 0 Å². The summed E-state index contributed by atoms with van der Waals surface area (Å²) in [6.45, 7) is 0.655. The molecule has 1 saturated heterocycles. The lowest BCUT2D eigenvalue weighted by Gasteiger charge is -2.31. The SMILES string of the molecule is O=C(NC1CCCCC1)C1CC(=O)N(C2CCCCC2)C1. The second kappa shape index (κ2) is 6.80. The van der Waals surface area contributed by atoms with Crippen molar-refractivity contribution in [3.63, 3.8) is 0 Å². The molecule has 1 heterocycles. The fourth-order valence-corrected chi connectivity index (χ4v) is 4.22. The highest BCUT2D eigenvalue weighted by Gasteiger charge is 2.38. The van der Waals surface area contributed by atoms with E-state index in [9.17, 15) is 9.59 Å². The molecule has 2 saturated carbocycles. The number of hydrogen-bond donors (Lipinski definition) is 1. The van der Waals surface area contributed by atoms with Crippen molar-refractivity contribution in [1.29, 1.82) is 0 Å². The number of carbonyl (C=O) groups is 2. The number of amides is 2. The largest absolute Gasteiger partial charge is 0.353 e. The minimum Gasteiger partial charge on any atom is -0.353 e. The van der Waals surface area contributed by atoms with Gasteiger partial charge in [-0.3, -0.25) is 9.59 Å². The average molecular weight is 292 g/mol. The lowest BCUT2D eigenvalue weighted by atomic mass is 9.94. The fraction of sp³-hybridized carbons (Fsp3) is 0.882. The normalized spacial score (nSPS) is 28.9. The first-order valence-electron chi connectivity index (χ1n) is 8.84. The maximum absolute atomic E-state index is 12.4. The second-order valence-electron chi connectivity index (χ2n) is 7.08. The molecule has 2 aliphatic carbocycles. The molecule has 2 amide bonds. The van der Waals surface area contributed by atoms with E-state index in [1.165, 1.54) is 38.5 Å². The molecule has 0 aromatic rings. The van der Waals surface area contributed by atoms with Crippen LogP contribution < -0.4 is 5.32 Å². The van der Waals surface area contributed by atoms with Gasteiger partial charge in [0.1, 0.15) is 0 Å². The molecule has 0 radical (unpaired) electrons. The second-order valence-corrected chi connectivity index (χ2v) is 7.08. The van der Waals surface area contributed by atoms with Crippen LogP contribution in [0, 0.1) is 5.92 Å². The van der Waals surface area contributed by atoms with Gasteiger partial charge in [0.2, 0.25) is 11.8 Å². The molecule has 1 unspecified atom stereocenters. The van der Waals surface area contributed by atoms with Crippen LogP contribution in [-0.4, -0.2) is 35.3 Å². The fourth-order valence-electron chi connectivity index (χ4n) is 4.22. The molecule has 0 bridgehead atoms. The highest BCUT2D eigenvalue weighted by molar-refractivity contribution is 5.89. The van der Waals surface area contributed by atoms with Gasteiger partial charge in [-0.05, 0) is 25.7 Å². The van der Waals surface area contributed by atoms with E-state index in [4.69, 9.17) is 0 Å². The predicted molar refractivity (Wildman–Crippen MR) is 81.7 cm³/mol. The van der Waals surface area contributed by atoms with E-state index in [2.05, 4.69) is 5.32 Å². The molecule has 3 rings (SSSR count). The minimum absolute atomic E-state index is 0.110. The summed E-state index contributed by atoms with van der Waals surface area (Å²) in [6, 6.07) is 0.754. The van der Waals surface area contributed by atoms with Crippen LogP contribution in [0.2, 0.25) is 0 Å². The number of nitrogens with one attached hydrogen (secondary N) is 1. The summed E-state index contributed by atoms with van der Waals surface area (Å²) < 4.78 is 0. The molecule has 3 aliphatic rings. The first-order valence-corrected chi connectivity index (χ1v) is 8.84. The summed E-state index contributed by atoms with van der Waals surface area (Å²) in [5, 5.41) is 3.19. The van der Waals surface area contributed by atoms with Crippen LogP contribution in [0.4, 0.5) is 0 Å². The van der Waals surface area contributed by atoms with Crippen LogP contribution in [0.1, 0.15) is 70.6 Å². The van der Waals surface area contributed by atoms with Gasteiger partial charge in [-0.2, -0.15) is 0 Å². The molecular weight excluding hydrogens is 264 g/mol. The quantitative estimate of drug-likeness (QED) is 0.869. The zero-order chi connectivity index (χ0) is 14.7. The topological polar surface area (TPSA) is 49.4 Å². The van der Waals surface area contributed by atoms with Gasteiger partial charge >= 0.3 is 0 Å². The van der Waals surface area contributed by atoms with Crippen molar-refractivity contribution in [2.45, 2.75) is 82.7 Å². The summed E-state index contributed by atoms with van der Waals surface area (Å²) in [6.07, 6.45) is 12.4.